The first-order valence-electron chi connectivity index (χ1n) is 5.21. The van der Waals surface area contributed by atoms with Gasteiger partial charge in [-0.15, -0.1) is 0 Å². The Morgan fingerprint density at radius 3 is 2.76 bits per heavy atom. The average molecular weight is 231 g/mol. The van der Waals surface area contributed by atoms with Crippen LogP contribution in [-0.4, -0.2) is 21.1 Å². The van der Waals surface area contributed by atoms with E-state index in [1.165, 1.54) is 0 Å². The standard InChI is InChI=1S/C12H13N3O2/c1-8-11(9(2)15(3)14-8)17-12-10(7-16)5-4-6-13-12/h4-7H,1-3H3. The van der Waals surface area contributed by atoms with Gasteiger partial charge < -0.3 is 4.74 Å². The molecule has 17 heavy (non-hydrogen) atoms. The van der Waals surface area contributed by atoms with Gasteiger partial charge in [0.2, 0.25) is 5.88 Å². The van der Waals surface area contributed by atoms with Crippen LogP contribution in [0, 0.1) is 13.8 Å². The normalized spacial score (nSPS) is 10.3. The third kappa shape index (κ3) is 2.04. The first-order valence-corrected chi connectivity index (χ1v) is 5.21. The molecule has 0 saturated carbocycles. The maximum Gasteiger partial charge on any atom is 0.229 e. The Kier molecular flexibility index (Phi) is 2.91. The molecule has 5 heteroatoms. The van der Waals surface area contributed by atoms with Crippen LogP contribution in [0.15, 0.2) is 18.3 Å². The van der Waals surface area contributed by atoms with E-state index in [4.69, 9.17) is 4.74 Å². The zero-order valence-electron chi connectivity index (χ0n) is 9.97. The lowest BCUT2D eigenvalue weighted by molar-refractivity contribution is 0.112. The molecule has 0 fully saturated rings. The second-order valence-electron chi connectivity index (χ2n) is 3.74. The number of hydrogen-bond acceptors (Lipinski definition) is 4. The molecule has 0 unspecified atom stereocenters. The highest BCUT2D eigenvalue weighted by atomic mass is 16.5. The SMILES string of the molecule is Cc1nn(C)c(C)c1Oc1ncccc1C=O. The number of aryl methyl sites for hydroxylation is 2. The quantitative estimate of drug-likeness (QED) is 0.758. The predicted octanol–water partition coefficient (Wildman–Crippen LogP) is 2.04. The zero-order valence-corrected chi connectivity index (χ0v) is 9.97. The van der Waals surface area contributed by atoms with Gasteiger partial charge in [0, 0.05) is 13.2 Å². The Hall–Kier alpha value is -2.17. The van der Waals surface area contributed by atoms with Crippen LogP contribution in [0.2, 0.25) is 0 Å². The highest BCUT2D eigenvalue weighted by Crippen LogP contribution is 2.27. The van der Waals surface area contributed by atoms with E-state index in [0.29, 0.717) is 17.2 Å². The molecule has 0 bridgehead atoms. The Bertz CT molecular complexity index is 561. The minimum absolute atomic E-state index is 0.307. The monoisotopic (exact) mass is 231 g/mol. The molecular formula is C12H13N3O2. The molecule has 2 aromatic rings. The molecule has 2 aromatic heterocycles. The predicted molar refractivity (Wildman–Crippen MR) is 62.4 cm³/mol. The van der Waals surface area contributed by atoms with Gasteiger partial charge in [-0.25, -0.2) is 4.98 Å². The summed E-state index contributed by atoms with van der Waals surface area (Å²) >= 11 is 0. The van der Waals surface area contributed by atoms with E-state index < -0.39 is 0 Å². The summed E-state index contributed by atoms with van der Waals surface area (Å²) in [4.78, 5) is 14.9. The number of hydrogen-bond donors (Lipinski definition) is 0. The molecule has 0 N–H and O–H groups in total. The third-order valence-corrected chi connectivity index (χ3v) is 2.57. The summed E-state index contributed by atoms with van der Waals surface area (Å²) in [5.74, 6) is 0.955. The van der Waals surface area contributed by atoms with Gasteiger partial charge in [0.1, 0.15) is 5.69 Å². The maximum atomic E-state index is 10.9. The van der Waals surface area contributed by atoms with Crippen molar-refractivity contribution in [3.8, 4) is 11.6 Å². The van der Waals surface area contributed by atoms with Crippen molar-refractivity contribution in [3.63, 3.8) is 0 Å². The van der Waals surface area contributed by atoms with Crippen LogP contribution in [0.1, 0.15) is 21.7 Å². The third-order valence-electron chi connectivity index (χ3n) is 2.57. The number of aromatic nitrogens is 3. The summed E-state index contributed by atoms with van der Waals surface area (Å²) in [6, 6.07) is 3.36. The number of pyridine rings is 1. The lowest BCUT2D eigenvalue weighted by Gasteiger charge is -2.06. The van der Waals surface area contributed by atoms with Crippen LogP contribution < -0.4 is 4.74 Å². The largest absolute Gasteiger partial charge is 0.434 e. The van der Waals surface area contributed by atoms with Crippen LogP contribution in [0.5, 0.6) is 11.6 Å². The Morgan fingerprint density at radius 1 is 1.41 bits per heavy atom. The fraction of sp³-hybridized carbons (Fsp3) is 0.250. The van der Waals surface area contributed by atoms with Crippen molar-refractivity contribution in [2.24, 2.45) is 7.05 Å². The number of nitrogens with zero attached hydrogens (tertiary/aromatic N) is 3. The molecule has 0 aromatic carbocycles. The van der Waals surface area contributed by atoms with Crippen molar-refractivity contribution in [1.29, 1.82) is 0 Å². The van der Waals surface area contributed by atoms with Crippen molar-refractivity contribution < 1.29 is 9.53 Å². The van der Waals surface area contributed by atoms with Gasteiger partial charge in [0.15, 0.2) is 12.0 Å². The number of ether oxygens (including phenoxy) is 1. The Morgan fingerprint density at radius 2 is 2.18 bits per heavy atom. The molecule has 5 nitrogen and oxygen atoms in total. The minimum atomic E-state index is 0.307. The summed E-state index contributed by atoms with van der Waals surface area (Å²) in [5.41, 5.74) is 2.09. The molecular weight excluding hydrogens is 218 g/mol. The second-order valence-corrected chi connectivity index (χ2v) is 3.74. The summed E-state index contributed by atoms with van der Waals surface area (Å²) < 4.78 is 7.39. The summed E-state index contributed by atoms with van der Waals surface area (Å²) in [6.45, 7) is 3.75. The van der Waals surface area contributed by atoms with Gasteiger partial charge in [-0.05, 0) is 26.0 Å². The van der Waals surface area contributed by atoms with Crippen LogP contribution >= 0.6 is 0 Å². The molecule has 0 spiro atoms. The Labute approximate surface area is 99.1 Å². The van der Waals surface area contributed by atoms with Gasteiger partial charge in [0.25, 0.3) is 0 Å². The smallest absolute Gasteiger partial charge is 0.229 e. The maximum absolute atomic E-state index is 10.9. The average Bonchev–Trinajstić information content (AvgIpc) is 2.57. The van der Waals surface area contributed by atoms with E-state index in [1.807, 2.05) is 20.9 Å². The van der Waals surface area contributed by atoms with Gasteiger partial charge in [0.05, 0.1) is 11.3 Å². The van der Waals surface area contributed by atoms with Crippen molar-refractivity contribution >= 4 is 6.29 Å². The van der Waals surface area contributed by atoms with Crippen LogP contribution in [0.4, 0.5) is 0 Å². The van der Waals surface area contributed by atoms with Crippen LogP contribution in [-0.2, 0) is 7.05 Å². The van der Waals surface area contributed by atoms with E-state index in [0.717, 1.165) is 17.7 Å². The molecule has 88 valence electrons. The highest BCUT2D eigenvalue weighted by Gasteiger charge is 2.14. The molecule has 0 atom stereocenters. The first-order chi connectivity index (χ1) is 8.13. The van der Waals surface area contributed by atoms with Gasteiger partial charge in [-0.3, -0.25) is 9.48 Å². The molecule has 0 amide bonds. The fourth-order valence-corrected chi connectivity index (χ4v) is 1.58. The van der Waals surface area contributed by atoms with E-state index >= 15 is 0 Å². The van der Waals surface area contributed by atoms with E-state index in [2.05, 4.69) is 10.1 Å². The van der Waals surface area contributed by atoms with Gasteiger partial charge in [-0.1, -0.05) is 0 Å². The molecule has 0 aliphatic carbocycles. The Balaban J connectivity index is 2.41. The first kappa shape index (κ1) is 11.3. The molecule has 2 heterocycles. The van der Waals surface area contributed by atoms with Crippen LogP contribution in [0.25, 0.3) is 0 Å². The van der Waals surface area contributed by atoms with E-state index in [9.17, 15) is 4.79 Å². The van der Waals surface area contributed by atoms with Crippen molar-refractivity contribution in [2.75, 3.05) is 0 Å². The molecule has 0 aliphatic rings. The zero-order chi connectivity index (χ0) is 12.4. The van der Waals surface area contributed by atoms with Crippen molar-refractivity contribution in [2.45, 2.75) is 13.8 Å². The fourth-order valence-electron chi connectivity index (χ4n) is 1.58. The molecule has 0 saturated heterocycles. The van der Waals surface area contributed by atoms with Gasteiger partial charge >= 0.3 is 0 Å². The van der Waals surface area contributed by atoms with E-state index in [1.54, 1.807) is 23.0 Å². The molecule has 0 radical (unpaired) electrons. The minimum Gasteiger partial charge on any atom is -0.434 e. The number of carbonyl (C=O) groups excluding carboxylic acids is 1. The topological polar surface area (TPSA) is 57.0 Å². The number of rotatable bonds is 3. The lowest BCUT2D eigenvalue weighted by atomic mass is 10.3. The number of aldehydes is 1. The van der Waals surface area contributed by atoms with Gasteiger partial charge in [-0.2, -0.15) is 5.10 Å². The second kappa shape index (κ2) is 4.37. The van der Waals surface area contributed by atoms with Crippen molar-refractivity contribution in [1.82, 2.24) is 14.8 Å². The molecule has 2 rings (SSSR count). The highest BCUT2D eigenvalue weighted by molar-refractivity contribution is 5.78. The van der Waals surface area contributed by atoms with Crippen LogP contribution in [0.3, 0.4) is 0 Å². The number of carbonyl (C=O) groups is 1. The summed E-state index contributed by atoms with van der Waals surface area (Å²) in [7, 11) is 1.84. The summed E-state index contributed by atoms with van der Waals surface area (Å²) in [5, 5.41) is 4.24. The van der Waals surface area contributed by atoms with Crippen molar-refractivity contribution in [3.05, 3.63) is 35.3 Å². The molecule has 0 aliphatic heterocycles. The lowest BCUT2D eigenvalue weighted by Crippen LogP contribution is -1.96. The summed E-state index contributed by atoms with van der Waals surface area (Å²) in [6.07, 6.45) is 2.31. The van der Waals surface area contributed by atoms with E-state index in [-0.39, 0.29) is 0 Å².